The van der Waals surface area contributed by atoms with Gasteiger partial charge in [-0.1, -0.05) is 26.7 Å². The number of hydrogen-bond acceptors (Lipinski definition) is 2. The number of aliphatic imine (C=N–C) groups is 1. The number of nitrogens with zero attached hydrogens (tertiary/aromatic N) is 3. The van der Waals surface area contributed by atoms with Gasteiger partial charge in [0, 0.05) is 25.5 Å². The minimum absolute atomic E-state index is 0.204. The summed E-state index contributed by atoms with van der Waals surface area (Å²) in [4.78, 5) is 8.04. The molecule has 2 N–H and O–H groups in total. The van der Waals surface area contributed by atoms with Crippen molar-refractivity contribution in [1.29, 1.82) is 0 Å². The van der Waals surface area contributed by atoms with E-state index in [9.17, 15) is 8.78 Å². The van der Waals surface area contributed by atoms with Crippen molar-refractivity contribution >= 4 is 5.96 Å². The summed E-state index contributed by atoms with van der Waals surface area (Å²) in [6, 6.07) is 0.278. The van der Waals surface area contributed by atoms with Crippen molar-refractivity contribution in [1.82, 2.24) is 20.2 Å². The van der Waals surface area contributed by atoms with Crippen molar-refractivity contribution < 1.29 is 8.78 Å². The van der Waals surface area contributed by atoms with Crippen molar-refractivity contribution in [3.05, 3.63) is 18.2 Å². The molecule has 1 aromatic heterocycles. The summed E-state index contributed by atoms with van der Waals surface area (Å²) in [6.45, 7) is 4.14. The van der Waals surface area contributed by atoms with Crippen molar-refractivity contribution in [2.24, 2.45) is 10.9 Å². The average Bonchev–Trinajstić information content (AvgIpc) is 2.91. The van der Waals surface area contributed by atoms with Crippen LogP contribution < -0.4 is 10.6 Å². The molecule has 1 heterocycles. The fourth-order valence-corrected chi connectivity index (χ4v) is 2.15. The number of nitrogens with one attached hydrogen (secondary N) is 2. The molecule has 0 aromatic carbocycles. The fourth-order valence-electron chi connectivity index (χ4n) is 2.15. The molecule has 0 fully saturated rings. The Kier molecular flexibility index (Phi) is 7.84. The second-order valence-electron chi connectivity index (χ2n) is 5.82. The number of aromatic nitrogens is 2. The molecule has 0 spiro atoms. The lowest BCUT2D eigenvalue weighted by Crippen LogP contribution is -2.42. The highest BCUT2D eigenvalue weighted by atomic mass is 19.3. The van der Waals surface area contributed by atoms with Crippen LogP contribution in [0.1, 0.15) is 52.4 Å². The van der Waals surface area contributed by atoms with E-state index in [2.05, 4.69) is 41.4 Å². The van der Waals surface area contributed by atoms with Crippen molar-refractivity contribution in [3.63, 3.8) is 0 Å². The number of imidazole rings is 1. The van der Waals surface area contributed by atoms with E-state index < -0.39 is 6.55 Å². The molecule has 1 aromatic rings. The van der Waals surface area contributed by atoms with E-state index in [4.69, 9.17) is 0 Å². The Morgan fingerprint density at radius 1 is 1.32 bits per heavy atom. The highest BCUT2D eigenvalue weighted by molar-refractivity contribution is 5.79. The normalized spacial score (nSPS) is 13.7. The summed E-state index contributed by atoms with van der Waals surface area (Å²) in [6.07, 6.45) is 6.04. The van der Waals surface area contributed by atoms with Crippen molar-refractivity contribution in [3.8, 4) is 0 Å². The van der Waals surface area contributed by atoms with E-state index in [1.165, 1.54) is 18.8 Å². The van der Waals surface area contributed by atoms with Crippen molar-refractivity contribution in [2.45, 2.75) is 59.2 Å². The Labute approximate surface area is 131 Å². The maximum absolute atomic E-state index is 12.7. The number of alkyl halides is 2. The molecule has 0 aliphatic rings. The van der Waals surface area contributed by atoms with E-state index in [0.29, 0.717) is 11.9 Å². The molecule has 0 radical (unpaired) electrons. The van der Waals surface area contributed by atoms with E-state index in [-0.39, 0.29) is 18.4 Å². The van der Waals surface area contributed by atoms with Gasteiger partial charge in [-0.3, -0.25) is 9.56 Å². The highest BCUT2D eigenvalue weighted by Gasteiger charge is 2.12. The topological polar surface area (TPSA) is 54.2 Å². The zero-order valence-electron chi connectivity index (χ0n) is 13.8. The van der Waals surface area contributed by atoms with E-state index in [1.807, 2.05) is 0 Å². The third kappa shape index (κ3) is 6.41. The second kappa shape index (κ2) is 9.38. The first-order valence-electron chi connectivity index (χ1n) is 7.71. The Morgan fingerprint density at radius 3 is 2.64 bits per heavy atom. The minimum atomic E-state index is -2.58. The third-order valence-corrected chi connectivity index (χ3v) is 3.40. The Hall–Kier alpha value is -1.66. The van der Waals surface area contributed by atoms with Crippen LogP contribution in [0.2, 0.25) is 0 Å². The molecule has 0 aliphatic heterocycles. The Balaban J connectivity index is 2.40. The molecule has 1 rings (SSSR count). The zero-order chi connectivity index (χ0) is 16.5. The lowest BCUT2D eigenvalue weighted by molar-refractivity contribution is 0.0668. The van der Waals surface area contributed by atoms with Gasteiger partial charge in [0.1, 0.15) is 5.82 Å². The van der Waals surface area contributed by atoms with E-state index in [0.717, 1.165) is 17.4 Å². The fraction of sp³-hybridized carbons (Fsp3) is 0.733. The number of hydrogen-bond donors (Lipinski definition) is 2. The van der Waals surface area contributed by atoms with Gasteiger partial charge in [0.2, 0.25) is 0 Å². The molecule has 0 aliphatic carbocycles. The molecule has 5 nitrogen and oxygen atoms in total. The summed E-state index contributed by atoms with van der Waals surface area (Å²) >= 11 is 0. The monoisotopic (exact) mass is 315 g/mol. The molecule has 126 valence electrons. The molecule has 0 saturated carbocycles. The molecule has 0 bridgehead atoms. The van der Waals surface area contributed by atoms with E-state index >= 15 is 0 Å². The highest BCUT2D eigenvalue weighted by Crippen LogP contribution is 2.12. The lowest BCUT2D eigenvalue weighted by atomic mass is 10.0. The predicted molar refractivity (Wildman–Crippen MR) is 85.0 cm³/mol. The van der Waals surface area contributed by atoms with Gasteiger partial charge in [0.15, 0.2) is 5.96 Å². The lowest BCUT2D eigenvalue weighted by Gasteiger charge is -2.18. The third-order valence-electron chi connectivity index (χ3n) is 3.40. The van der Waals surface area contributed by atoms with Crippen molar-refractivity contribution in [2.75, 3.05) is 7.05 Å². The first-order valence-corrected chi connectivity index (χ1v) is 7.71. The average molecular weight is 315 g/mol. The van der Waals surface area contributed by atoms with Gasteiger partial charge in [-0.2, -0.15) is 8.78 Å². The molecular weight excluding hydrogens is 288 g/mol. The maximum Gasteiger partial charge on any atom is 0.319 e. The zero-order valence-corrected chi connectivity index (χ0v) is 13.8. The first-order chi connectivity index (χ1) is 10.4. The molecule has 22 heavy (non-hydrogen) atoms. The maximum atomic E-state index is 12.7. The van der Waals surface area contributed by atoms with Crippen LogP contribution in [0.4, 0.5) is 8.78 Å². The quantitative estimate of drug-likeness (QED) is 0.572. The molecule has 7 heteroatoms. The van der Waals surface area contributed by atoms with Gasteiger partial charge in [-0.05, 0) is 19.3 Å². The summed E-state index contributed by atoms with van der Waals surface area (Å²) in [5.74, 6) is 1.59. The van der Waals surface area contributed by atoms with Crippen LogP contribution in [0.15, 0.2) is 17.4 Å². The number of rotatable bonds is 8. The van der Waals surface area contributed by atoms with Crippen LogP contribution in [0.3, 0.4) is 0 Å². The SMILES string of the molecule is CN=C(NCc1nccn1C(F)F)NC(C)CCCC(C)C. The van der Waals surface area contributed by atoms with Gasteiger partial charge < -0.3 is 10.6 Å². The Morgan fingerprint density at radius 2 is 2.05 bits per heavy atom. The van der Waals surface area contributed by atoms with Gasteiger partial charge in [-0.15, -0.1) is 0 Å². The van der Waals surface area contributed by atoms with Gasteiger partial charge in [-0.25, -0.2) is 4.98 Å². The molecule has 0 saturated heterocycles. The second-order valence-corrected chi connectivity index (χ2v) is 5.82. The minimum Gasteiger partial charge on any atom is -0.354 e. The molecular formula is C15H27F2N5. The summed E-state index contributed by atoms with van der Waals surface area (Å²) in [5, 5.41) is 6.29. The molecule has 0 amide bonds. The Bertz CT molecular complexity index is 457. The van der Waals surface area contributed by atoms with Crippen LogP contribution in [0, 0.1) is 5.92 Å². The van der Waals surface area contributed by atoms with Crippen LogP contribution in [0.5, 0.6) is 0 Å². The van der Waals surface area contributed by atoms with Gasteiger partial charge in [0.05, 0.1) is 6.54 Å². The van der Waals surface area contributed by atoms with Gasteiger partial charge >= 0.3 is 6.55 Å². The first kappa shape index (κ1) is 18.4. The molecule has 1 unspecified atom stereocenters. The van der Waals surface area contributed by atoms with E-state index in [1.54, 1.807) is 7.05 Å². The largest absolute Gasteiger partial charge is 0.354 e. The van der Waals surface area contributed by atoms with Crippen LogP contribution in [0.25, 0.3) is 0 Å². The summed E-state index contributed by atoms with van der Waals surface area (Å²) in [5.41, 5.74) is 0. The number of guanidine groups is 1. The summed E-state index contributed by atoms with van der Waals surface area (Å²) < 4.78 is 26.3. The standard InChI is InChI=1S/C15H27F2N5/c1-11(2)6-5-7-12(3)21-15(18-4)20-10-13-19-8-9-22(13)14(16)17/h8-9,11-12,14H,5-7,10H2,1-4H3,(H2,18,20,21). The molecule has 1 atom stereocenters. The summed E-state index contributed by atoms with van der Waals surface area (Å²) in [7, 11) is 1.66. The predicted octanol–water partition coefficient (Wildman–Crippen LogP) is 3.16. The van der Waals surface area contributed by atoms with Gasteiger partial charge in [0.25, 0.3) is 0 Å². The smallest absolute Gasteiger partial charge is 0.319 e. The van der Waals surface area contributed by atoms with Crippen LogP contribution >= 0.6 is 0 Å². The van der Waals surface area contributed by atoms with Crippen LogP contribution in [-0.2, 0) is 6.54 Å². The number of halogens is 2. The van der Waals surface area contributed by atoms with Crippen LogP contribution in [-0.4, -0.2) is 28.6 Å².